The summed E-state index contributed by atoms with van der Waals surface area (Å²) in [6.07, 6.45) is 21.4. The summed E-state index contributed by atoms with van der Waals surface area (Å²) < 4.78 is 11.3. The van der Waals surface area contributed by atoms with Crippen LogP contribution in [0.2, 0.25) is 0 Å². The van der Waals surface area contributed by atoms with Crippen LogP contribution >= 0.6 is 0 Å². The zero-order chi connectivity index (χ0) is 25.9. The van der Waals surface area contributed by atoms with Gasteiger partial charge in [0.1, 0.15) is 18.2 Å². The molecule has 6 heteroatoms. The number of amides is 1. The lowest BCUT2D eigenvalue weighted by Crippen LogP contribution is -2.48. The minimum absolute atomic E-state index is 0.142. The van der Waals surface area contributed by atoms with Crippen LogP contribution in [0.4, 0.5) is 0 Å². The Bertz CT molecular complexity index is 641. The number of unbranched alkanes of at least 4 members (excludes halogenated alkanes) is 10. The van der Waals surface area contributed by atoms with E-state index in [9.17, 15) is 14.4 Å². The second-order valence-electron chi connectivity index (χ2n) is 10.4. The maximum atomic E-state index is 12.8. The molecule has 0 aromatic rings. The van der Waals surface area contributed by atoms with E-state index in [-0.39, 0.29) is 30.0 Å². The predicted octanol–water partition coefficient (Wildman–Crippen LogP) is 6.11. The number of ether oxygens (including phenoxy) is 2. The van der Waals surface area contributed by atoms with Gasteiger partial charge in [0.05, 0.1) is 5.92 Å². The van der Waals surface area contributed by atoms with Crippen LogP contribution in [0.25, 0.3) is 0 Å². The van der Waals surface area contributed by atoms with Crippen LogP contribution in [-0.4, -0.2) is 36.6 Å². The predicted molar refractivity (Wildman–Crippen MR) is 139 cm³/mol. The summed E-state index contributed by atoms with van der Waals surface area (Å²) in [4.78, 5) is 35.9. The van der Waals surface area contributed by atoms with Crippen molar-refractivity contribution < 1.29 is 23.9 Å². The number of hydrogen-bond donors (Lipinski definition) is 1. The molecule has 6 nitrogen and oxygen atoms in total. The molecule has 0 unspecified atom stereocenters. The van der Waals surface area contributed by atoms with Crippen LogP contribution in [0, 0.1) is 24.2 Å². The average Bonchev–Trinajstić information content (AvgIpc) is 2.81. The number of cyclic esters (lactones) is 1. The topological polar surface area (TPSA) is 81.7 Å². The molecule has 1 N–H and O–H groups in total. The second kappa shape index (κ2) is 19.2. The molecule has 1 rings (SSSR count). The van der Waals surface area contributed by atoms with Crippen LogP contribution in [-0.2, 0) is 23.9 Å². The Kier molecular flexibility index (Phi) is 17.0. The van der Waals surface area contributed by atoms with Gasteiger partial charge in [-0.3, -0.25) is 9.59 Å². The fraction of sp³-hybridized carbons (Fsp3) is 0.828. The highest BCUT2D eigenvalue weighted by Crippen LogP contribution is 2.32. The van der Waals surface area contributed by atoms with Gasteiger partial charge in [-0.05, 0) is 38.0 Å². The van der Waals surface area contributed by atoms with Gasteiger partial charge in [0.2, 0.25) is 6.41 Å². The van der Waals surface area contributed by atoms with Crippen molar-refractivity contribution in [2.45, 2.75) is 142 Å². The van der Waals surface area contributed by atoms with Crippen molar-refractivity contribution in [2.75, 3.05) is 0 Å². The summed E-state index contributed by atoms with van der Waals surface area (Å²) in [6.45, 7) is 6.24. The van der Waals surface area contributed by atoms with Crippen LogP contribution in [0.3, 0.4) is 0 Å². The quantitative estimate of drug-likeness (QED) is 0.0856. The number of esters is 2. The van der Waals surface area contributed by atoms with Crippen LogP contribution < -0.4 is 5.32 Å². The molecule has 0 radical (unpaired) electrons. The lowest BCUT2D eigenvalue weighted by Gasteiger charge is -2.37. The normalized spacial score (nSPS) is 18.8. The van der Waals surface area contributed by atoms with E-state index in [0.717, 1.165) is 38.5 Å². The van der Waals surface area contributed by atoms with Gasteiger partial charge in [0.15, 0.2) is 0 Å². The molecule has 1 heterocycles. The van der Waals surface area contributed by atoms with Gasteiger partial charge in [-0.15, -0.1) is 12.3 Å². The van der Waals surface area contributed by atoms with Gasteiger partial charge in [-0.1, -0.05) is 78.6 Å². The Balaban J connectivity index is 2.59. The molecule has 1 aliphatic heterocycles. The molecular formula is C29H49NO5. The molecule has 200 valence electrons. The van der Waals surface area contributed by atoms with E-state index in [1.807, 2.05) is 13.8 Å². The minimum Gasteiger partial charge on any atom is -0.461 e. The Morgan fingerprint density at radius 3 is 2.31 bits per heavy atom. The zero-order valence-electron chi connectivity index (χ0n) is 22.4. The van der Waals surface area contributed by atoms with Crippen molar-refractivity contribution in [3.05, 3.63) is 0 Å². The zero-order valence-corrected chi connectivity index (χ0v) is 22.4. The summed E-state index contributed by atoms with van der Waals surface area (Å²) in [5.74, 6) is 2.17. The van der Waals surface area contributed by atoms with E-state index in [1.165, 1.54) is 44.9 Å². The molecule has 35 heavy (non-hydrogen) atoms. The number of rotatable bonds is 22. The molecule has 0 aromatic carbocycles. The van der Waals surface area contributed by atoms with Crippen molar-refractivity contribution in [1.82, 2.24) is 5.32 Å². The lowest BCUT2D eigenvalue weighted by atomic mass is 9.86. The molecular weight excluding hydrogens is 442 g/mol. The number of hydrogen-bond acceptors (Lipinski definition) is 5. The van der Waals surface area contributed by atoms with Gasteiger partial charge in [-0.2, -0.15) is 0 Å². The summed E-state index contributed by atoms with van der Waals surface area (Å²) in [6, 6.07) is -0.651. The molecule has 1 amide bonds. The highest BCUT2D eigenvalue weighted by Gasteiger charge is 2.43. The second-order valence-corrected chi connectivity index (χ2v) is 10.4. The standard InChI is InChI=1S/C29H49NO5/c1-5-7-9-11-12-13-14-15-16-18-24(34-29(33)26(30-22-31)20-23(3)4)21-27-25(28(32)35-27)19-17-10-8-6-2/h2,22-27H,5,7-21H2,1,3-4H3,(H,30,31)/t24-,25-,26-,27-/m0/s1. The Morgan fingerprint density at radius 1 is 1.09 bits per heavy atom. The minimum atomic E-state index is -0.651. The van der Waals surface area contributed by atoms with E-state index in [2.05, 4.69) is 18.2 Å². The van der Waals surface area contributed by atoms with E-state index in [4.69, 9.17) is 15.9 Å². The highest BCUT2D eigenvalue weighted by molar-refractivity contribution is 5.79. The SMILES string of the molecule is C#CCCCC[C@@H]1C(=O)O[C@H]1C[C@H](CCCCCCCCCCC)OC(=O)[C@H](CC(C)C)NC=O. The largest absolute Gasteiger partial charge is 0.461 e. The number of terminal acetylenes is 1. The molecule has 1 fully saturated rings. The Hall–Kier alpha value is -2.03. The fourth-order valence-electron chi connectivity index (χ4n) is 4.70. The van der Waals surface area contributed by atoms with Gasteiger partial charge >= 0.3 is 11.9 Å². The van der Waals surface area contributed by atoms with Gasteiger partial charge in [-0.25, -0.2) is 4.79 Å². The van der Waals surface area contributed by atoms with Crippen LogP contribution in [0.5, 0.6) is 0 Å². The van der Waals surface area contributed by atoms with Crippen molar-refractivity contribution in [1.29, 1.82) is 0 Å². The summed E-state index contributed by atoms with van der Waals surface area (Å²) >= 11 is 0. The maximum Gasteiger partial charge on any atom is 0.328 e. The van der Waals surface area contributed by atoms with E-state index in [0.29, 0.717) is 25.7 Å². The van der Waals surface area contributed by atoms with Crippen LogP contribution in [0.15, 0.2) is 0 Å². The number of nitrogens with one attached hydrogen (secondary N) is 1. The van der Waals surface area contributed by atoms with Crippen molar-refractivity contribution in [3.8, 4) is 12.3 Å². The van der Waals surface area contributed by atoms with E-state index < -0.39 is 12.0 Å². The highest BCUT2D eigenvalue weighted by atomic mass is 16.6. The van der Waals surface area contributed by atoms with Crippen molar-refractivity contribution in [2.24, 2.45) is 11.8 Å². The number of carbonyl (C=O) groups is 3. The Morgan fingerprint density at radius 2 is 1.74 bits per heavy atom. The third-order valence-electron chi connectivity index (χ3n) is 6.77. The molecule has 4 atom stereocenters. The van der Waals surface area contributed by atoms with Gasteiger partial charge in [0.25, 0.3) is 0 Å². The smallest absolute Gasteiger partial charge is 0.328 e. The third kappa shape index (κ3) is 13.6. The lowest BCUT2D eigenvalue weighted by molar-refractivity contribution is -0.190. The summed E-state index contributed by atoms with van der Waals surface area (Å²) in [5, 5.41) is 2.60. The molecule has 1 saturated heterocycles. The first-order valence-corrected chi connectivity index (χ1v) is 14.0. The first-order valence-electron chi connectivity index (χ1n) is 14.0. The molecule has 1 aliphatic rings. The maximum absolute atomic E-state index is 12.8. The molecule has 0 saturated carbocycles. The average molecular weight is 492 g/mol. The van der Waals surface area contributed by atoms with E-state index in [1.54, 1.807) is 0 Å². The molecule has 0 spiro atoms. The van der Waals surface area contributed by atoms with Crippen LogP contribution in [0.1, 0.15) is 124 Å². The van der Waals surface area contributed by atoms with E-state index >= 15 is 0 Å². The first kappa shape index (κ1) is 31.0. The molecule has 0 aliphatic carbocycles. The third-order valence-corrected chi connectivity index (χ3v) is 6.77. The van der Waals surface area contributed by atoms with Crippen molar-refractivity contribution in [3.63, 3.8) is 0 Å². The monoisotopic (exact) mass is 491 g/mol. The summed E-state index contributed by atoms with van der Waals surface area (Å²) in [5.41, 5.74) is 0. The number of carbonyl (C=O) groups excluding carboxylic acids is 3. The molecule has 0 aromatic heterocycles. The summed E-state index contributed by atoms with van der Waals surface area (Å²) in [7, 11) is 0. The van der Waals surface area contributed by atoms with Gasteiger partial charge in [0, 0.05) is 12.8 Å². The first-order chi connectivity index (χ1) is 16.9. The Labute approximate surface area is 213 Å². The van der Waals surface area contributed by atoms with Crippen molar-refractivity contribution >= 4 is 18.3 Å². The molecule has 0 bridgehead atoms. The fourth-order valence-corrected chi connectivity index (χ4v) is 4.70. The van der Waals surface area contributed by atoms with Gasteiger partial charge < -0.3 is 14.8 Å².